The summed E-state index contributed by atoms with van der Waals surface area (Å²) in [6.45, 7) is 0.895. The molecule has 2 N–H and O–H groups in total. The van der Waals surface area contributed by atoms with Crippen molar-refractivity contribution in [2.45, 2.75) is 25.8 Å². The summed E-state index contributed by atoms with van der Waals surface area (Å²) in [5.41, 5.74) is 3.88. The van der Waals surface area contributed by atoms with Gasteiger partial charge in [0.15, 0.2) is 0 Å². The molecule has 2 aromatic rings. The molecule has 0 spiro atoms. The zero-order valence-electron chi connectivity index (χ0n) is 9.31. The smallest absolute Gasteiger partial charge is 0.309 e. The van der Waals surface area contributed by atoms with Crippen molar-refractivity contribution in [3.63, 3.8) is 0 Å². The average Bonchev–Trinajstić information content (AvgIpc) is 2.90. The van der Waals surface area contributed by atoms with Gasteiger partial charge in [0.25, 0.3) is 0 Å². The lowest BCUT2D eigenvalue weighted by molar-refractivity contribution is -0.136. The molecule has 1 aliphatic heterocycles. The Hall–Kier alpha value is -2.04. The average molecular weight is 231 g/mol. The van der Waals surface area contributed by atoms with Crippen molar-refractivity contribution in [2.24, 2.45) is 0 Å². The van der Waals surface area contributed by atoms with E-state index in [-0.39, 0.29) is 6.42 Å². The van der Waals surface area contributed by atoms with Crippen molar-refractivity contribution in [3.8, 4) is 11.1 Å². The lowest BCUT2D eigenvalue weighted by Gasteiger charge is -2.00. The van der Waals surface area contributed by atoms with Crippen molar-refractivity contribution in [3.05, 3.63) is 29.8 Å². The molecule has 3 heterocycles. The zero-order valence-corrected chi connectivity index (χ0v) is 9.31. The van der Waals surface area contributed by atoms with Crippen LogP contribution in [0, 0.1) is 0 Å². The predicted octanol–water partition coefficient (Wildman–Crippen LogP) is 1.45. The highest BCUT2D eigenvalue weighted by Crippen LogP contribution is 2.31. The number of carbonyl (C=O) groups is 1. The van der Waals surface area contributed by atoms with Crippen LogP contribution in [0.2, 0.25) is 0 Å². The van der Waals surface area contributed by atoms with Crippen LogP contribution in [0.3, 0.4) is 0 Å². The lowest BCUT2D eigenvalue weighted by Crippen LogP contribution is -2.03. The molecule has 17 heavy (non-hydrogen) atoms. The number of H-pyrrole nitrogens is 1. The number of nitrogens with one attached hydrogen (secondary N) is 1. The van der Waals surface area contributed by atoms with Crippen molar-refractivity contribution in [1.82, 2.24) is 14.8 Å². The molecule has 0 radical (unpaired) electrons. The highest BCUT2D eigenvalue weighted by molar-refractivity contribution is 5.76. The normalized spacial score (nSPS) is 13.9. The van der Waals surface area contributed by atoms with Gasteiger partial charge in [-0.2, -0.15) is 5.10 Å². The van der Waals surface area contributed by atoms with E-state index in [0.29, 0.717) is 5.69 Å². The number of aliphatic carboxylic acids is 1. The van der Waals surface area contributed by atoms with E-state index in [1.807, 2.05) is 23.1 Å². The molecule has 88 valence electrons. The van der Waals surface area contributed by atoms with Gasteiger partial charge in [0.2, 0.25) is 0 Å². The first-order valence-electron chi connectivity index (χ1n) is 5.69. The van der Waals surface area contributed by atoms with Crippen molar-refractivity contribution < 1.29 is 9.90 Å². The molecular formula is C12H13N3O2. The predicted molar refractivity (Wildman–Crippen MR) is 61.7 cm³/mol. The molecule has 0 saturated carbocycles. The van der Waals surface area contributed by atoms with Crippen molar-refractivity contribution in [1.29, 1.82) is 0 Å². The van der Waals surface area contributed by atoms with E-state index < -0.39 is 5.97 Å². The van der Waals surface area contributed by atoms with Crippen molar-refractivity contribution in [2.75, 3.05) is 0 Å². The van der Waals surface area contributed by atoms with E-state index in [1.54, 1.807) is 0 Å². The molecule has 3 rings (SSSR count). The molecule has 0 aromatic carbocycles. The van der Waals surface area contributed by atoms with E-state index >= 15 is 0 Å². The first-order valence-corrected chi connectivity index (χ1v) is 5.69. The molecule has 0 amide bonds. The highest BCUT2D eigenvalue weighted by Gasteiger charge is 2.23. The topological polar surface area (TPSA) is 70.9 Å². The fourth-order valence-electron chi connectivity index (χ4n) is 2.47. The highest BCUT2D eigenvalue weighted by atomic mass is 16.4. The molecule has 5 heteroatoms. The first kappa shape index (κ1) is 10.1. The van der Waals surface area contributed by atoms with Gasteiger partial charge in [0, 0.05) is 35.8 Å². The number of hydrogen-bond donors (Lipinski definition) is 2. The molecule has 2 aromatic heterocycles. The van der Waals surface area contributed by atoms with E-state index in [4.69, 9.17) is 5.11 Å². The van der Waals surface area contributed by atoms with E-state index in [0.717, 1.165) is 30.5 Å². The summed E-state index contributed by atoms with van der Waals surface area (Å²) < 4.78 is 1.95. The van der Waals surface area contributed by atoms with Gasteiger partial charge < -0.3 is 10.1 Å². The Balaban J connectivity index is 2.13. The maximum Gasteiger partial charge on any atom is 0.309 e. The second-order valence-electron chi connectivity index (χ2n) is 4.27. The summed E-state index contributed by atoms with van der Waals surface area (Å²) in [6, 6.07) is 1.96. The van der Waals surface area contributed by atoms with Gasteiger partial charge in [-0.1, -0.05) is 0 Å². The standard InChI is InChI=1S/C12H13N3O2/c16-11(17)6-9-12(8-3-4-13-7-8)10-2-1-5-15(10)14-9/h3-4,7,13H,1-2,5-6H2,(H,16,17). The minimum absolute atomic E-state index is 0.0134. The van der Waals surface area contributed by atoms with Gasteiger partial charge in [-0.25, -0.2) is 0 Å². The van der Waals surface area contributed by atoms with Crippen LogP contribution >= 0.6 is 0 Å². The number of hydrogen-bond acceptors (Lipinski definition) is 2. The first-order chi connectivity index (χ1) is 8.25. The van der Waals surface area contributed by atoms with Gasteiger partial charge in [-0.05, 0) is 18.9 Å². The van der Waals surface area contributed by atoms with Crippen LogP contribution in [0.1, 0.15) is 17.8 Å². The Kier molecular flexibility index (Phi) is 2.24. The molecule has 0 unspecified atom stereocenters. The van der Waals surface area contributed by atoms with E-state index in [1.165, 1.54) is 5.69 Å². The number of fused-ring (bicyclic) bond motifs is 1. The Morgan fingerprint density at radius 2 is 2.47 bits per heavy atom. The summed E-state index contributed by atoms with van der Waals surface area (Å²) >= 11 is 0. The van der Waals surface area contributed by atoms with Gasteiger partial charge in [-0.3, -0.25) is 9.48 Å². The fraction of sp³-hybridized carbons (Fsp3) is 0.333. The van der Waals surface area contributed by atoms with E-state index in [2.05, 4.69) is 10.1 Å². The third kappa shape index (κ3) is 1.63. The number of nitrogens with zero attached hydrogens (tertiary/aromatic N) is 2. The van der Waals surface area contributed by atoms with E-state index in [9.17, 15) is 4.79 Å². The second-order valence-corrected chi connectivity index (χ2v) is 4.27. The number of aryl methyl sites for hydroxylation is 1. The molecule has 0 fully saturated rings. The Morgan fingerprint density at radius 1 is 1.59 bits per heavy atom. The molecule has 0 bridgehead atoms. The summed E-state index contributed by atoms with van der Waals surface area (Å²) in [4.78, 5) is 13.9. The van der Waals surface area contributed by atoms with Crippen LogP contribution in [0.25, 0.3) is 11.1 Å². The minimum Gasteiger partial charge on any atom is -0.481 e. The molecule has 5 nitrogen and oxygen atoms in total. The summed E-state index contributed by atoms with van der Waals surface area (Å²) in [6.07, 6.45) is 5.79. The van der Waals surface area contributed by atoms with Gasteiger partial charge in [0.05, 0.1) is 12.1 Å². The van der Waals surface area contributed by atoms with Crippen LogP contribution in [0.5, 0.6) is 0 Å². The number of carboxylic acid groups (broad SMARTS) is 1. The Morgan fingerprint density at radius 3 is 3.18 bits per heavy atom. The molecule has 0 atom stereocenters. The summed E-state index contributed by atoms with van der Waals surface area (Å²) in [5, 5.41) is 13.3. The number of aromatic amines is 1. The lowest BCUT2D eigenvalue weighted by atomic mass is 10.0. The zero-order chi connectivity index (χ0) is 11.8. The quantitative estimate of drug-likeness (QED) is 0.839. The summed E-state index contributed by atoms with van der Waals surface area (Å²) in [7, 11) is 0. The molecule has 1 aliphatic rings. The van der Waals surface area contributed by atoms with Crippen LogP contribution < -0.4 is 0 Å². The largest absolute Gasteiger partial charge is 0.481 e. The minimum atomic E-state index is -0.835. The third-order valence-electron chi connectivity index (χ3n) is 3.12. The number of carboxylic acids is 1. The fourth-order valence-corrected chi connectivity index (χ4v) is 2.47. The third-order valence-corrected chi connectivity index (χ3v) is 3.12. The van der Waals surface area contributed by atoms with Gasteiger partial charge in [-0.15, -0.1) is 0 Å². The second kappa shape index (κ2) is 3.76. The number of rotatable bonds is 3. The van der Waals surface area contributed by atoms with Gasteiger partial charge in [0.1, 0.15) is 0 Å². The molecule has 0 saturated heterocycles. The van der Waals surface area contributed by atoms with Crippen LogP contribution in [-0.4, -0.2) is 25.8 Å². The van der Waals surface area contributed by atoms with Crippen LogP contribution in [0.15, 0.2) is 18.5 Å². The maximum absolute atomic E-state index is 10.9. The van der Waals surface area contributed by atoms with Crippen LogP contribution in [-0.2, 0) is 24.2 Å². The Labute approximate surface area is 98.1 Å². The SMILES string of the molecule is O=C(O)Cc1nn2c(c1-c1cc[nH]c1)CCC2. The van der Waals surface area contributed by atoms with Gasteiger partial charge >= 0.3 is 5.97 Å². The van der Waals surface area contributed by atoms with Crippen LogP contribution in [0.4, 0.5) is 0 Å². The maximum atomic E-state index is 10.9. The Bertz CT molecular complexity index is 555. The molecular weight excluding hydrogens is 218 g/mol. The van der Waals surface area contributed by atoms with Crippen molar-refractivity contribution >= 4 is 5.97 Å². The summed E-state index contributed by atoms with van der Waals surface area (Å²) in [5.74, 6) is -0.835. The molecule has 0 aliphatic carbocycles. The number of aromatic nitrogens is 3. The monoisotopic (exact) mass is 231 g/mol.